The Morgan fingerprint density at radius 3 is 2.79 bits per heavy atom. The van der Waals surface area contributed by atoms with Crippen molar-refractivity contribution in [3.8, 4) is 6.07 Å². The molecule has 0 bridgehead atoms. The van der Waals surface area contributed by atoms with Gasteiger partial charge in [-0.1, -0.05) is 63.1 Å². The van der Waals surface area contributed by atoms with E-state index in [-0.39, 0.29) is 11.8 Å². The molecule has 1 fully saturated rings. The molecule has 1 unspecified atom stereocenters. The molecule has 1 N–H and O–H groups in total. The average molecular weight is 595 g/mol. The van der Waals surface area contributed by atoms with E-state index >= 15 is 0 Å². The lowest BCUT2D eigenvalue weighted by Crippen LogP contribution is -2.39. The molecule has 228 valence electrons. The van der Waals surface area contributed by atoms with Crippen LogP contribution in [0.2, 0.25) is 5.02 Å². The summed E-state index contributed by atoms with van der Waals surface area (Å²) in [5.41, 5.74) is 2.61. The second-order valence-electron chi connectivity index (χ2n) is 10.8. The number of imidazole rings is 1. The van der Waals surface area contributed by atoms with Crippen LogP contribution >= 0.6 is 11.6 Å². The van der Waals surface area contributed by atoms with Gasteiger partial charge in [0.1, 0.15) is 0 Å². The van der Waals surface area contributed by atoms with Gasteiger partial charge in [-0.15, -0.1) is 0 Å². The first-order chi connectivity index (χ1) is 20.3. The van der Waals surface area contributed by atoms with E-state index in [1.807, 2.05) is 42.2 Å². The summed E-state index contributed by atoms with van der Waals surface area (Å²) in [6.07, 6.45) is 13.8. The van der Waals surface area contributed by atoms with E-state index in [2.05, 4.69) is 46.6 Å². The zero-order chi connectivity index (χ0) is 30.7. The van der Waals surface area contributed by atoms with Gasteiger partial charge in [0.05, 0.1) is 18.8 Å². The first-order valence-electron chi connectivity index (χ1n) is 15.0. The second kappa shape index (κ2) is 19.7. The Kier molecular flexibility index (Phi) is 16.3. The largest absolute Gasteiger partial charge is 0.355 e. The number of halogens is 1. The van der Waals surface area contributed by atoms with Crippen molar-refractivity contribution in [3.05, 3.63) is 76.9 Å². The number of nitrogens with zero attached hydrogens (tertiary/aromatic N) is 5. The molecule has 1 aliphatic rings. The van der Waals surface area contributed by atoms with E-state index in [1.54, 1.807) is 24.7 Å². The number of benzene rings is 1. The SMILES string of the molecule is C/C=C(C#N)\C=C/[C@@H](C)Cn1cncc1CC(=O)N(CCC)CCN1CCC(CC)C1.O=CNCc1cccc(Cl)c1. The number of carbonyl (C=O) groups is 2. The van der Waals surface area contributed by atoms with E-state index in [0.29, 0.717) is 30.0 Å². The maximum Gasteiger partial charge on any atom is 0.228 e. The minimum Gasteiger partial charge on any atom is -0.355 e. The molecule has 1 aromatic carbocycles. The fourth-order valence-electron chi connectivity index (χ4n) is 4.91. The molecule has 0 spiro atoms. The van der Waals surface area contributed by atoms with Crippen molar-refractivity contribution in [1.82, 2.24) is 24.7 Å². The van der Waals surface area contributed by atoms with Gasteiger partial charge in [-0.3, -0.25) is 9.59 Å². The van der Waals surface area contributed by atoms with Crippen LogP contribution in [0.25, 0.3) is 0 Å². The number of hydrogen-bond acceptors (Lipinski definition) is 5. The van der Waals surface area contributed by atoms with Crippen LogP contribution in [0, 0.1) is 23.2 Å². The molecule has 1 saturated heterocycles. The highest BCUT2D eigenvalue weighted by molar-refractivity contribution is 6.30. The summed E-state index contributed by atoms with van der Waals surface area (Å²) in [5.74, 6) is 1.23. The third kappa shape index (κ3) is 12.6. The molecule has 2 atom stereocenters. The lowest BCUT2D eigenvalue weighted by atomic mass is 10.1. The van der Waals surface area contributed by atoms with Crippen molar-refractivity contribution in [2.24, 2.45) is 11.8 Å². The second-order valence-corrected chi connectivity index (χ2v) is 11.2. The van der Waals surface area contributed by atoms with Crippen molar-refractivity contribution >= 4 is 23.9 Å². The third-order valence-electron chi connectivity index (χ3n) is 7.42. The van der Waals surface area contributed by atoms with Gasteiger partial charge < -0.3 is 19.7 Å². The summed E-state index contributed by atoms with van der Waals surface area (Å²) in [4.78, 5) is 31.8. The lowest BCUT2D eigenvalue weighted by molar-refractivity contribution is -0.130. The number of nitrogens with one attached hydrogen (secondary N) is 1. The summed E-state index contributed by atoms with van der Waals surface area (Å²) in [7, 11) is 0. The average Bonchev–Trinajstić information content (AvgIpc) is 3.64. The van der Waals surface area contributed by atoms with Crippen LogP contribution in [0.1, 0.15) is 58.2 Å². The Morgan fingerprint density at radius 1 is 1.33 bits per heavy atom. The molecule has 1 aromatic heterocycles. The van der Waals surface area contributed by atoms with Gasteiger partial charge in [-0.25, -0.2) is 4.98 Å². The summed E-state index contributed by atoms with van der Waals surface area (Å²) < 4.78 is 2.06. The van der Waals surface area contributed by atoms with E-state index in [0.717, 1.165) is 56.3 Å². The van der Waals surface area contributed by atoms with E-state index < -0.39 is 0 Å². The number of aromatic nitrogens is 2. The van der Waals surface area contributed by atoms with E-state index in [9.17, 15) is 9.59 Å². The van der Waals surface area contributed by atoms with Gasteiger partial charge in [0.2, 0.25) is 12.3 Å². The number of hydrogen-bond donors (Lipinski definition) is 1. The van der Waals surface area contributed by atoms with Crippen LogP contribution in [0.5, 0.6) is 0 Å². The molecule has 0 saturated carbocycles. The lowest BCUT2D eigenvalue weighted by Gasteiger charge is -2.25. The van der Waals surface area contributed by atoms with Gasteiger partial charge in [-0.05, 0) is 61.9 Å². The monoisotopic (exact) mass is 594 g/mol. The smallest absolute Gasteiger partial charge is 0.228 e. The number of rotatable bonds is 15. The van der Waals surface area contributed by atoms with Crippen LogP contribution in [-0.4, -0.2) is 64.4 Å². The fourth-order valence-corrected chi connectivity index (χ4v) is 5.13. The predicted octanol–water partition coefficient (Wildman–Crippen LogP) is 5.64. The first-order valence-corrected chi connectivity index (χ1v) is 15.4. The first kappa shape index (κ1) is 34.8. The van der Waals surface area contributed by atoms with Gasteiger partial charge in [-0.2, -0.15) is 5.26 Å². The number of carbonyl (C=O) groups excluding carboxylic acids is 2. The predicted molar refractivity (Wildman–Crippen MR) is 170 cm³/mol. The highest BCUT2D eigenvalue weighted by atomic mass is 35.5. The zero-order valence-corrected chi connectivity index (χ0v) is 26.4. The van der Waals surface area contributed by atoms with Crippen molar-refractivity contribution in [1.29, 1.82) is 5.26 Å². The van der Waals surface area contributed by atoms with Gasteiger partial charge in [0.15, 0.2) is 0 Å². The molecule has 9 heteroatoms. The molecular formula is C33H47ClN6O2. The molecule has 8 nitrogen and oxygen atoms in total. The third-order valence-corrected chi connectivity index (χ3v) is 7.65. The molecule has 2 aromatic rings. The normalized spacial score (nSPS) is 16.0. The molecule has 2 heterocycles. The summed E-state index contributed by atoms with van der Waals surface area (Å²) >= 11 is 5.71. The Morgan fingerprint density at radius 2 is 2.14 bits per heavy atom. The summed E-state index contributed by atoms with van der Waals surface area (Å²) in [6, 6.07) is 9.54. The van der Waals surface area contributed by atoms with Crippen LogP contribution < -0.4 is 5.32 Å². The molecule has 3 rings (SSSR count). The maximum atomic E-state index is 13.1. The summed E-state index contributed by atoms with van der Waals surface area (Å²) in [5, 5.41) is 12.3. The fraction of sp³-hybridized carbons (Fsp3) is 0.515. The number of nitriles is 1. The summed E-state index contributed by atoms with van der Waals surface area (Å²) in [6.45, 7) is 14.5. The molecule has 2 amide bonds. The number of allylic oxidation sites excluding steroid dienone is 4. The Labute approximate surface area is 257 Å². The van der Waals surface area contributed by atoms with Crippen molar-refractivity contribution < 1.29 is 9.59 Å². The number of amides is 2. The molecule has 0 aliphatic carbocycles. The maximum absolute atomic E-state index is 13.1. The van der Waals surface area contributed by atoms with Crippen LogP contribution in [0.15, 0.2) is 60.6 Å². The van der Waals surface area contributed by atoms with Crippen LogP contribution in [0.3, 0.4) is 0 Å². The zero-order valence-electron chi connectivity index (χ0n) is 25.6. The molecule has 42 heavy (non-hydrogen) atoms. The quantitative estimate of drug-likeness (QED) is 0.163. The van der Waals surface area contributed by atoms with E-state index in [1.165, 1.54) is 19.4 Å². The van der Waals surface area contributed by atoms with Crippen molar-refractivity contribution in [2.75, 3.05) is 32.7 Å². The highest BCUT2D eigenvalue weighted by Crippen LogP contribution is 2.19. The van der Waals surface area contributed by atoms with Crippen LogP contribution in [0.4, 0.5) is 0 Å². The molecule has 0 radical (unpaired) electrons. The molecule has 1 aliphatic heterocycles. The minimum absolute atomic E-state index is 0.179. The Balaban J connectivity index is 0.000000468. The van der Waals surface area contributed by atoms with Crippen molar-refractivity contribution in [2.45, 2.75) is 66.5 Å². The molecular weight excluding hydrogens is 548 g/mol. The Hall–Kier alpha value is -3.41. The van der Waals surface area contributed by atoms with Gasteiger partial charge in [0.25, 0.3) is 0 Å². The van der Waals surface area contributed by atoms with Crippen LogP contribution in [-0.2, 0) is 29.1 Å². The minimum atomic E-state index is 0.179. The highest BCUT2D eigenvalue weighted by Gasteiger charge is 2.22. The standard InChI is InChI=1S/C25H39N5O.C8H8ClNO/c1-5-11-29(14-13-28-12-10-23(7-3)19-28)25(31)15-24-17-27-20-30(24)18-21(4)8-9-22(6-2)16-26;9-8-3-1-2-7(4-8)5-10-6-11/h6,8-9,17,20-21,23H,5,7,10-15,18-19H2,1-4H3;1-4,6H,5H2,(H,10,11)/b9-8-,22-6+;/t21-,23?;/m1./s1. The topological polar surface area (TPSA) is 94.3 Å². The van der Waals surface area contributed by atoms with Crippen molar-refractivity contribution in [3.63, 3.8) is 0 Å². The van der Waals surface area contributed by atoms with Gasteiger partial charge in [0, 0.05) is 61.8 Å². The number of likely N-dealkylation sites (tertiary alicyclic amines) is 1. The Bertz CT molecular complexity index is 1200. The van der Waals surface area contributed by atoms with E-state index in [4.69, 9.17) is 16.9 Å². The van der Waals surface area contributed by atoms with Gasteiger partial charge >= 0.3 is 0 Å².